The average molecular weight is 208 g/mol. The first-order valence-electron chi connectivity index (χ1n) is 5.15. The lowest BCUT2D eigenvalue weighted by Gasteiger charge is -2.10. The van der Waals surface area contributed by atoms with Crippen molar-refractivity contribution in [1.82, 2.24) is 0 Å². The van der Waals surface area contributed by atoms with Gasteiger partial charge in [-0.2, -0.15) is 0 Å². The van der Waals surface area contributed by atoms with Crippen molar-refractivity contribution in [3.05, 3.63) is 29.8 Å². The molecule has 0 aliphatic carbocycles. The van der Waals surface area contributed by atoms with Crippen LogP contribution in [0.2, 0.25) is 0 Å². The van der Waals surface area contributed by atoms with E-state index in [1.807, 2.05) is 38.1 Å². The quantitative estimate of drug-likeness (QED) is 0.747. The molecule has 1 fully saturated rings. The van der Waals surface area contributed by atoms with Gasteiger partial charge in [-0.1, -0.05) is 12.1 Å². The van der Waals surface area contributed by atoms with Crippen LogP contribution in [-0.2, 0) is 9.47 Å². The van der Waals surface area contributed by atoms with Gasteiger partial charge < -0.3 is 14.2 Å². The maximum absolute atomic E-state index is 5.67. The van der Waals surface area contributed by atoms with E-state index in [2.05, 4.69) is 0 Å². The lowest BCUT2D eigenvalue weighted by Crippen LogP contribution is -2.13. The van der Waals surface area contributed by atoms with Gasteiger partial charge in [0, 0.05) is 5.56 Å². The zero-order valence-electron chi connectivity index (χ0n) is 9.27. The van der Waals surface area contributed by atoms with Crippen molar-refractivity contribution in [3.63, 3.8) is 0 Å². The highest BCUT2D eigenvalue weighted by molar-refractivity contribution is 5.28. The van der Waals surface area contributed by atoms with Crippen LogP contribution in [0.25, 0.3) is 0 Å². The normalized spacial score (nSPS) is 26.9. The van der Waals surface area contributed by atoms with Gasteiger partial charge in [0.1, 0.15) is 5.75 Å². The van der Waals surface area contributed by atoms with Crippen LogP contribution in [0.3, 0.4) is 0 Å². The van der Waals surface area contributed by atoms with Crippen molar-refractivity contribution in [2.75, 3.05) is 7.11 Å². The molecule has 2 rings (SSSR count). The van der Waals surface area contributed by atoms with Crippen molar-refractivity contribution < 1.29 is 14.2 Å². The number of hydrogen-bond donors (Lipinski definition) is 0. The highest BCUT2D eigenvalue weighted by Gasteiger charge is 2.30. The Hall–Kier alpha value is -1.06. The summed E-state index contributed by atoms with van der Waals surface area (Å²) in [7, 11) is 1.65. The van der Waals surface area contributed by atoms with E-state index in [0.29, 0.717) is 0 Å². The molecule has 1 saturated heterocycles. The van der Waals surface area contributed by atoms with E-state index in [0.717, 1.165) is 11.3 Å². The monoisotopic (exact) mass is 208 g/mol. The molecule has 82 valence electrons. The number of benzene rings is 1. The molecule has 0 radical (unpaired) electrons. The topological polar surface area (TPSA) is 27.7 Å². The molecule has 0 amide bonds. The van der Waals surface area contributed by atoms with E-state index in [9.17, 15) is 0 Å². The summed E-state index contributed by atoms with van der Waals surface area (Å²) in [5.41, 5.74) is 1.03. The fourth-order valence-electron chi connectivity index (χ4n) is 1.56. The van der Waals surface area contributed by atoms with Crippen molar-refractivity contribution >= 4 is 0 Å². The van der Waals surface area contributed by atoms with E-state index in [4.69, 9.17) is 14.2 Å². The van der Waals surface area contributed by atoms with Crippen LogP contribution in [0.15, 0.2) is 24.3 Å². The van der Waals surface area contributed by atoms with Crippen LogP contribution < -0.4 is 4.74 Å². The largest absolute Gasteiger partial charge is 0.497 e. The first-order valence-corrected chi connectivity index (χ1v) is 5.15. The maximum atomic E-state index is 5.67. The van der Waals surface area contributed by atoms with E-state index >= 15 is 0 Å². The molecule has 2 atom stereocenters. The number of rotatable bonds is 2. The van der Waals surface area contributed by atoms with Gasteiger partial charge in [-0.3, -0.25) is 0 Å². The molecule has 3 heteroatoms. The Labute approximate surface area is 90.0 Å². The molecule has 0 N–H and O–H groups in total. The van der Waals surface area contributed by atoms with Crippen LogP contribution in [0.5, 0.6) is 5.75 Å². The van der Waals surface area contributed by atoms with Crippen LogP contribution in [0.4, 0.5) is 0 Å². The van der Waals surface area contributed by atoms with Crippen LogP contribution in [-0.4, -0.2) is 19.3 Å². The zero-order valence-corrected chi connectivity index (χ0v) is 9.27. The summed E-state index contributed by atoms with van der Waals surface area (Å²) in [6, 6.07) is 7.76. The van der Waals surface area contributed by atoms with E-state index in [1.54, 1.807) is 7.11 Å². The molecule has 15 heavy (non-hydrogen) atoms. The van der Waals surface area contributed by atoms with Gasteiger partial charge >= 0.3 is 0 Å². The summed E-state index contributed by atoms with van der Waals surface area (Å²) in [4.78, 5) is 0. The van der Waals surface area contributed by atoms with Crippen molar-refractivity contribution in [1.29, 1.82) is 0 Å². The summed E-state index contributed by atoms with van der Waals surface area (Å²) >= 11 is 0. The minimum Gasteiger partial charge on any atom is -0.497 e. The van der Waals surface area contributed by atoms with E-state index in [-0.39, 0.29) is 18.5 Å². The minimum atomic E-state index is -0.235. The number of methoxy groups -OCH3 is 1. The molecule has 0 spiro atoms. The number of hydrogen-bond acceptors (Lipinski definition) is 3. The van der Waals surface area contributed by atoms with Gasteiger partial charge in [-0.25, -0.2) is 0 Å². The van der Waals surface area contributed by atoms with Crippen LogP contribution in [0.1, 0.15) is 25.7 Å². The molecule has 1 aliphatic heterocycles. The van der Waals surface area contributed by atoms with Gasteiger partial charge in [0.2, 0.25) is 0 Å². The predicted molar refractivity (Wildman–Crippen MR) is 56.8 cm³/mol. The highest BCUT2D eigenvalue weighted by Crippen LogP contribution is 2.31. The Morgan fingerprint density at radius 1 is 1.00 bits per heavy atom. The third-order valence-corrected chi connectivity index (χ3v) is 2.73. The maximum Gasteiger partial charge on any atom is 0.184 e. The first kappa shape index (κ1) is 10.5. The molecule has 0 bridgehead atoms. The minimum absolute atomic E-state index is 0.150. The molecule has 1 heterocycles. The first-order chi connectivity index (χ1) is 7.20. The fraction of sp³-hybridized carbons (Fsp3) is 0.500. The van der Waals surface area contributed by atoms with Gasteiger partial charge in [-0.05, 0) is 26.0 Å². The molecule has 0 saturated carbocycles. The third kappa shape index (κ3) is 2.13. The Morgan fingerprint density at radius 2 is 1.53 bits per heavy atom. The summed E-state index contributed by atoms with van der Waals surface area (Å²) < 4.78 is 16.4. The number of ether oxygens (including phenoxy) is 3. The summed E-state index contributed by atoms with van der Waals surface area (Å²) in [6.07, 6.45) is 0.0649. The molecular weight excluding hydrogens is 192 g/mol. The SMILES string of the molecule is COc1ccc(C2O[C@H](C)[C@@H](C)O2)cc1. The molecule has 1 aliphatic rings. The molecular formula is C12H16O3. The molecule has 3 nitrogen and oxygen atoms in total. The summed E-state index contributed by atoms with van der Waals surface area (Å²) in [5.74, 6) is 0.845. The lowest BCUT2D eigenvalue weighted by molar-refractivity contribution is -0.0652. The lowest BCUT2D eigenvalue weighted by atomic mass is 10.2. The van der Waals surface area contributed by atoms with Gasteiger partial charge in [-0.15, -0.1) is 0 Å². The van der Waals surface area contributed by atoms with Crippen molar-refractivity contribution in [2.24, 2.45) is 0 Å². The van der Waals surface area contributed by atoms with Gasteiger partial charge in [0.15, 0.2) is 6.29 Å². The van der Waals surface area contributed by atoms with Gasteiger partial charge in [0.25, 0.3) is 0 Å². The smallest absolute Gasteiger partial charge is 0.184 e. The summed E-state index contributed by atoms with van der Waals surface area (Å²) in [6.45, 7) is 4.04. The van der Waals surface area contributed by atoms with Crippen LogP contribution >= 0.6 is 0 Å². The van der Waals surface area contributed by atoms with Crippen LogP contribution in [0, 0.1) is 0 Å². The standard InChI is InChI=1S/C12H16O3/c1-8-9(2)15-12(14-8)10-4-6-11(13-3)7-5-10/h4-9,12H,1-3H3/t8-,9-/m1/s1. The predicted octanol–water partition coefficient (Wildman–Crippen LogP) is 2.52. The zero-order chi connectivity index (χ0) is 10.8. The van der Waals surface area contributed by atoms with E-state index < -0.39 is 0 Å². The molecule has 1 aromatic carbocycles. The Bertz CT molecular complexity index is 310. The molecule has 0 aromatic heterocycles. The Kier molecular flexibility index (Phi) is 2.93. The average Bonchev–Trinajstić information content (AvgIpc) is 2.59. The Balaban J connectivity index is 2.10. The second-order valence-corrected chi connectivity index (χ2v) is 3.79. The van der Waals surface area contributed by atoms with Crippen molar-refractivity contribution in [2.45, 2.75) is 32.3 Å². The second kappa shape index (κ2) is 4.21. The highest BCUT2D eigenvalue weighted by atomic mass is 16.7. The van der Waals surface area contributed by atoms with Gasteiger partial charge in [0.05, 0.1) is 19.3 Å². The molecule has 0 unspecified atom stereocenters. The summed E-state index contributed by atoms with van der Waals surface area (Å²) in [5, 5.41) is 0. The van der Waals surface area contributed by atoms with Crippen molar-refractivity contribution in [3.8, 4) is 5.75 Å². The third-order valence-electron chi connectivity index (χ3n) is 2.73. The fourth-order valence-corrected chi connectivity index (χ4v) is 1.56. The second-order valence-electron chi connectivity index (χ2n) is 3.79. The Morgan fingerprint density at radius 3 is 2.00 bits per heavy atom. The molecule has 1 aromatic rings. The van der Waals surface area contributed by atoms with E-state index in [1.165, 1.54) is 0 Å².